The Kier molecular flexibility index (Phi) is 3.68. The molecule has 132 valence electrons. The molecular weight excluding hydrogens is 326 g/mol. The fraction of sp³-hybridized carbons (Fsp3) is 0.286. The van der Waals surface area contributed by atoms with E-state index in [-0.39, 0.29) is 11.5 Å². The van der Waals surface area contributed by atoms with Crippen LogP contribution in [0.25, 0.3) is 10.9 Å². The Morgan fingerprint density at radius 3 is 2.73 bits per heavy atom. The van der Waals surface area contributed by atoms with E-state index in [1.165, 1.54) is 0 Å². The van der Waals surface area contributed by atoms with Gasteiger partial charge in [-0.05, 0) is 62.1 Å². The Balaban J connectivity index is 1.59. The number of nitrogens with zero attached hydrogens (tertiary/aromatic N) is 2. The van der Waals surface area contributed by atoms with Crippen molar-refractivity contribution in [1.82, 2.24) is 9.55 Å². The first-order valence-corrected chi connectivity index (χ1v) is 8.77. The third kappa shape index (κ3) is 2.60. The highest BCUT2D eigenvalue weighted by Gasteiger charge is 2.38. The average molecular weight is 347 g/mol. The summed E-state index contributed by atoms with van der Waals surface area (Å²) in [5.41, 5.74) is 4.27. The standard InChI is InChI=1S/C21H21N3O2/c1-13-4-6-15-17(10-13)22-12-24(19(15)25)9-8-14-5-7-16-18(11-14)23-20(26)21(16,2)3/h4-7,10-12H,8-9H2,1-3H3,(H,23,26). The molecule has 0 radical (unpaired) electrons. The van der Waals surface area contributed by atoms with Gasteiger partial charge in [0.05, 0.1) is 22.6 Å². The van der Waals surface area contributed by atoms with Gasteiger partial charge in [0.2, 0.25) is 5.91 Å². The van der Waals surface area contributed by atoms with Crippen LogP contribution < -0.4 is 10.9 Å². The first-order valence-electron chi connectivity index (χ1n) is 8.77. The summed E-state index contributed by atoms with van der Waals surface area (Å²) in [7, 11) is 0. The molecule has 0 atom stereocenters. The molecule has 0 bridgehead atoms. The minimum absolute atomic E-state index is 0.0226. The van der Waals surface area contributed by atoms with Gasteiger partial charge < -0.3 is 5.32 Å². The SMILES string of the molecule is Cc1ccc2c(=O)n(CCc3ccc4c(c3)NC(=O)C4(C)C)cnc2c1. The number of carbonyl (C=O) groups is 1. The number of carbonyl (C=O) groups excluding carboxylic acids is 1. The first-order chi connectivity index (χ1) is 12.4. The molecule has 0 saturated carbocycles. The average Bonchev–Trinajstić information content (AvgIpc) is 2.83. The third-order valence-corrected chi connectivity index (χ3v) is 5.20. The second-order valence-electron chi connectivity index (χ2n) is 7.47. The van der Waals surface area contributed by atoms with E-state index >= 15 is 0 Å². The number of benzene rings is 2. The molecule has 4 rings (SSSR count). The molecule has 0 spiro atoms. The normalized spacial score (nSPS) is 15.1. The topological polar surface area (TPSA) is 64.0 Å². The molecule has 0 aliphatic carbocycles. The van der Waals surface area contributed by atoms with Crippen LogP contribution in [0.15, 0.2) is 47.5 Å². The molecular formula is C21H21N3O2. The lowest BCUT2D eigenvalue weighted by atomic mass is 9.86. The molecule has 26 heavy (non-hydrogen) atoms. The Hall–Kier alpha value is -2.95. The van der Waals surface area contributed by atoms with Crippen LogP contribution in [0.4, 0.5) is 5.69 Å². The van der Waals surface area contributed by atoms with E-state index in [4.69, 9.17) is 0 Å². The largest absolute Gasteiger partial charge is 0.325 e. The van der Waals surface area contributed by atoms with Crippen molar-refractivity contribution in [3.05, 3.63) is 69.8 Å². The number of aromatic nitrogens is 2. The third-order valence-electron chi connectivity index (χ3n) is 5.20. The van der Waals surface area contributed by atoms with Gasteiger partial charge in [-0.15, -0.1) is 0 Å². The summed E-state index contributed by atoms with van der Waals surface area (Å²) >= 11 is 0. The van der Waals surface area contributed by atoms with Crippen LogP contribution >= 0.6 is 0 Å². The van der Waals surface area contributed by atoms with Crippen LogP contribution in [0, 0.1) is 6.92 Å². The monoisotopic (exact) mass is 347 g/mol. The summed E-state index contributed by atoms with van der Waals surface area (Å²) in [6.07, 6.45) is 2.31. The highest BCUT2D eigenvalue weighted by Crippen LogP contribution is 2.37. The maximum Gasteiger partial charge on any atom is 0.261 e. The van der Waals surface area contributed by atoms with Crippen molar-refractivity contribution in [2.24, 2.45) is 0 Å². The van der Waals surface area contributed by atoms with Gasteiger partial charge in [0.1, 0.15) is 0 Å². The first kappa shape index (κ1) is 16.5. The van der Waals surface area contributed by atoms with E-state index in [9.17, 15) is 9.59 Å². The van der Waals surface area contributed by atoms with Gasteiger partial charge in [-0.2, -0.15) is 0 Å². The lowest BCUT2D eigenvalue weighted by Crippen LogP contribution is -2.26. The maximum atomic E-state index is 12.6. The molecule has 2 heterocycles. The predicted molar refractivity (Wildman–Crippen MR) is 103 cm³/mol. The zero-order valence-electron chi connectivity index (χ0n) is 15.2. The van der Waals surface area contributed by atoms with Crippen LogP contribution in [-0.4, -0.2) is 15.5 Å². The van der Waals surface area contributed by atoms with Gasteiger partial charge >= 0.3 is 0 Å². The summed E-state index contributed by atoms with van der Waals surface area (Å²) in [6.45, 7) is 6.39. The van der Waals surface area contributed by atoms with Gasteiger partial charge in [0.25, 0.3) is 5.56 Å². The molecule has 3 aromatic rings. The van der Waals surface area contributed by atoms with Gasteiger partial charge in [0.15, 0.2) is 0 Å². The van der Waals surface area contributed by atoms with Crippen LogP contribution in [0.1, 0.15) is 30.5 Å². The Labute approximate surface area is 151 Å². The van der Waals surface area contributed by atoms with Crippen LogP contribution in [0.5, 0.6) is 0 Å². The molecule has 1 aliphatic rings. The van der Waals surface area contributed by atoms with Gasteiger partial charge in [-0.25, -0.2) is 4.98 Å². The van der Waals surface area contributed by atoms with Crippen molar-refractivity contribution in [1.29, 1.82) is 0 Å². The number of anilines is 1. The van der Waals surface area contributed by atoms with Gasteiger partial charge in [-0.3, -0.25) is 14.2 Å². The van der Waals surface area contributed by atoms with E-state index in [0.717, 1.165) is 27.9 Å². The minimum atomic E-state index is -0.495. The van der Waals surface area contributed by atoms with Gasteiger partial charge in [0, 0.05) is 12.2 Å². The molecule has 5 nitrogen and oxygen atoms in total. The van der Waals surface area contributed by atoms with E-state index in [1.54, 1.807) is 10.9 Å². The Morgan fingerprint density at radius 2 is 1.92 bits per heavy atom. The van der Waals surface area contributed by atoms with Crippen molar-refractivity contribution < 1.29 is 4.79 Å². The maximum absolute atomic E-state index is 12.6. The fourth-order valence-corrected chi connectivity index (χ4v) is 3.47. The molecule has 1 aliphatic heterocycles. The lowest BCUT2D eigenvalue weighted by Gasteiger charge is -2.15. The molecule has 5 heteroatoms. The molecule has 1 amide bonds. The minimum Gasteiger partial charge on any atom is -0.325 e. The van der Waals surface area contributed by atoms with Crippen LogP contribution in [-0.2, 0) is 23.2 Å². The predicted octanol–water partition coefficient (Wildman–Crippen LogP) is 3.18. The van der Waals surface area contributed by atoms with E-state index in [1.807, 2.05) is 57.2 Å². The quantitative estimate of drug-likeness (QED) is 0.791. The molecule has 0 saturated heterocycles. The van der Waals surface area contributed by atoms with E-state index in [2.05, 4.69) is 10.3 Å². The zero-order valence-corrected chi connectivity index (χ0v) is 15.2. The highest BCUT2D eigenvalue weighted by molar-refractivity contribution is 6.05. The summed E-state index contributed by atoms with van der Waals surface area (Å²) < 4.78 is 1.65. The fourth-order valence-electron chi connectivity index (χ4n) is 3.47. The Morgan fingerprint density at radius 1 is 1.12 bits per heavy atom. The van der Waals surface area contributed by atoms with Crippen molar-refractivity contribution in [2.75, 3.05) is 5.32 Å². The number of hydrogen-bond acceptors (Lipinski definition) is 3. The van der Waals surface area contributed by atoms with Crippen molar-refractivity contribution >= 4 is 22.5 Å². The number of rotatable bonds is 3. The molecule has 0 unspecified atom stereocenters. The second kappa shape index (κ2) is 5.80. The number of aryl methyl sites for hydroxylation is 3. The zero-order chi connectivity index (χ0) is 18.5. The van der Waals surface area contributed by atoms with Crippen molar-refractivity contribution in [2.45, 2.75) is 39.2 Å². The number of amides is 1. The number of hydrogen-bond donors (Lipinski definition) is 1. The summed E-state index contributed by atoms with van der Waals surface area (Å²) in [5, 5.41) is 3.59. The number of fused-ring (bicyclic) bond motifs is 2. The van der Waals surface area contributed by atoms with Crippen LogP contribution in [0.3, 0.4) is 0 Å². The van der Waals surface area contributed by atoms with E-state index in [0.29, 0.717) is 18.4 Å². The highest BCUT2D eigenvalue weighted by atomic mass is 16.2. The van der Waals surface area contributed by atoms with E-state index < -0.39 is 5.41 Å². The molecule has 0 fully saturated rings. The summed E-state index contributed by atoms with van der Waals surface area (Å²) in [6, 6.07) is 11.7. The lowest BCUT2D eigenvalue weighted by molar-refractivity contribution is -0.119. The van der Waals surface area contributed by atoms with Crippen molar-refractivity contribution in [3.63, 3.8) is 0 Å². The summed E-state index contributed by atoms with van der Waals surface area (Å²) in [4.78, 5) is 29.1. The Bertz CT molecular complexity index is 1100. The second-order valence-corrected chi connectivity index (χ2v) is 7.47. The van der Waals surface area contributed by atoms with Gasteiger partial charge in [-0.1, -0.05) is 18.2 Å². The number of nitrogens with one attached hydrogen (secondary N) is 1. The van der Waals surface area contributed by atoms with Crippen molar-refractivity contribution in [3.8, 4) is 0 Å². The smallest absolute Gasteiger partial charge is 0.261 e. The summed E-state index contributed by atoms with van der Waals surface area (Å²) in [5.74, 6) is 0.0230. The van der Waals surface area contributed by atoms with Crippen LogP contribution in [0.2, 0.25) is 0 Å². The molecule has 1 aromatic heterocycles. The molecule has 1 N–H and O–H groups in total. The molecule has 2 aromatic carbocycles.